The van der Waals surface area contributed by atoms with E-state index in [2.05, 4.69) is 21.2 Å². The van der Waals surface area contributed by atoms with Crippen LogP contribution in [0.15, 0.2) is 29.2 Å². The van der Waals surface area contributed by atoms with Crippen LogP contribution in [0, 0.1) is 0 Å². The molecule has 0 saturated heterocycles. The number of hydrogen-bond donors (Lipinski definition) is 0. The molecule has 0 unspecified atom stereocenters. The highest BCUT2D eigenvalue weighted by Crippen LogP contribution is 2.29. The Balaban J connectivity index is 2.36. The molecule has 3 aromatic rings. The highest BCUT2D eigenvalue weighted by atomic mass is 32.1. The van der Waals surface area contributed by atoms with E-state index >= 15 is 0 Å². The number of benzene rings is 1. The van der Waals surface area contributed by atoms with Crippen LogP contribution in [0.25, 0.3) is 20.8 Å². The second-order valence-electron chi connectivity index (χ2n) is 2.75. The van der Waals surface area contributed by atoms with E-state index in [0.29, 0.717) is 0 Å². The van der Waals surface area contributed by atoms with Crippen LogP contribution in [-0.2, 0) is 0 Å². The summed E-state index contributed by atoms with van der Waals surface area (Å²) < 4.78 is 1.19. The van der Waals surface area contributed by atoms with E-state index in [1.54, 1.807) is 16.8 Å². The summed E-state index contributed by atoms with van der Waals surface area (Å²) in [6.45, 7) is 0. The standard InChI is InChI=1S/C9H5N3S2/c1-2-6(9-12-11-5-14-9)8-7(3-1)13-4-10-8/h1-5H. The zero-order chi connectivity index (χ0) is 9.38. The fourth-order valence-corrected chi connectivity index (χ4v) is 2.63. The monoisotopic (exact) mass is 219 g/mol. The molecule has 0 aliphatic rings. The number of nitrogens with zero attached hydrogens (tertiary/aromatic N) is 3. The quantitative estimate of drug-likeness (QED) is 0.631. The molecule has 2 aromatic heterocycles. The van der Waals surface area contributed by atoms with Crippen LogP contribution in [0.1, 0.15) is 0 Å². The molecule has 0 spiro atoms. The molecule has 1 aromatic carbocycles. The molecule has 5 heteroatoms. The van der Waals surface area contributed by atoms with Gasteiger partial charge in [-0.15, -0.1) is 21.5 Å². The Kier molecular flexibility index (Phi) is 1.78. The maximum absolute atomic E-state index is 4.33. The predicted molar refractivity (Wildman–Crippen MR) is 58.5 cm³/mol. The van der Waals surface area contributed by atoms with Crippen molar-refractivity contribution < 1.29 is 0 Å². The van der Waals surface area contributed by atoms with Gasteiger partial charge in [0.2, 0.25) is 0 Å². The van der Waals surface area contributed by atoms with Crippen LogP contribution in [-0.4, -0.2) is 15.2 Å². The second kappa shape index (κ2) is 3.11. The van der Waals surface area contributed by atoms with Gasteiger partial charge in [-0.3, -0.25) is 0 Å². The third-order valence-electron chi connectivity index (χ3n) is 1.95. The zero-order valence-electron chi connectivity index (χ0n) is 7.04. The molecular formula is C9H5N3S2. The van der Waals surface area contributed by atoms with Gasteiger partial charge < -0.3 is 0 Å². The predicted octanol–water partition coefficient (Wildman–Crippen LogP) is 2.81. The maximum atomic E-state index is 4.33. The third kappa shape index (κ3) is 1.13. The van der Waals surface area contributed by atoms with Crippen LogP contribution < -0.4 is 0 Å². The maximum Gasteiger partial charge on any atom is 0.149 e. The Hall–Kier alpha value is -1.33. The van der Waals surface area contributed by atoms with Crippen molar-refractivity contribution in [1.29, 1.82) is 0 Å². The van der Waals surface area contributed by atoms with Crippen molar-refractivity contribution in [2.75, 3.05) is 0 Å². The Morgan fingerprint density at radius 3 is 2.93 bits per heavy atom. The van der Waals surface area contributed by atoms with E-state index in [1.807, 2.05) is 17.6 Å². The van der Waals surface area contributed by atoms with Gasteiger partial charge in [0.05, 0.1) is 15.7 Å². The van der Waals surface area contributed by atoms with E-state index in [-0.39, 0.29) is 0 Å². The van der Waals surface area contributed by atoms with Crippen molar-refractivity contribution in [2.45, 2.75) is 0 Å². The van der Waals surface area contributed by atoms with Crippen molar-refractivity contribution in [3.63, 3.8) is 0 Å². The number of thiazole rings is 1. The van der Waals surface area contributed by atoms with Crippen LogP contribution in [0.4, 0.5) is 0 Å². The average Bonchev–Trinajstić information content (AvgIpc) is 2.88. The summed E-state index contributed by atoms with van der Waals surface area (Å²) in [5.41, 5.74) is 5.69. The van der Waals surface area contributed by atoms with Crippen molar-refractivity contribution in [2.24, 2.45) is 0 Å². The average molecular weight is 219 g/mol. The SMILES string of the molecule is c1cc(-c2nncs2)c2ncsc2c1. The lowest BCUT2D eigenvalue weighted by atomic mass is 10.2. The summed E-state index contributed by atoms with van der Waals surface area (Å²) in [4.78, 5) is 4.33. The van der Waals surface area contributed by atoms with Crippen molar-refractivity contribution in [3.8, 4) is 10.6 Å². The minimum Gasteiger partial charge on any atom is -0.244 e. The lowest BCUT2D eigenvalue weighted by molar-refractivity contribution is 1.10. The van der Waals surface area contributed by atoms with E-state index in [9.17, 15) is 0 Å². The van der Waals surface area contributed by atoms with E-state index < -0.39 is 0 Å². The van der Waals surface area contributed by atoms with Crippen LogP contribution in [0.3, 0.4) is 0 Å². The van der Waals surface area contributed by atoms with Crippen molar-refractivity contribution in [1.82, 2.24) is 15.2 Å². The smallest absolute Gasteiger partial charge is 0.149 e. The van der Waals surface area contributed by atoms with Gasteiger partial charge in [0.15, 0.2) is 0 Å². The third-order valence-corrected chi connectivity index (χ3v) is 3.47. The highest BCUT2D eigenvalue weighted by Gasteiger charge is 2.07. The molecule has 0 N–H and O–H groups in total. The number of para-hydroxylation sites is 1. The zero-order valence-corrected chi connectivity index (χ0v) is 8.68. The van der Waals surface area contributed by atoms with E-state index in [1.165, 1.54) is 16.0 Å². The van der Waals surface area contributed by atoms with Gasteiger partial charge >= 0.3 is 0 Å². The molecule has 0 bridgehead atoms. The van der Waals surface area contributed by atoms with Gasteiger partial charge in [0, 0.05) is 5.56 Å². The van der Waals surface area contributed by atoms with Crippen LogP contribution in [0.5, 0.6) is 0 Å². The van der Waals surface area contributed by atoms with Gasteiger partial charge in [0.1, 0.15) is 10.5 Å². The van der Waals surface area contributed by atoms with E-state index in [0.717, 1.165) is 16.1 Å². The fraction of sp³-hybridized carbons (Fsp3) is 0. The lowest BCUT2D eigenvalue weighted by Crippen LogP contribution is -1.78. The fourth-order valence-electron chi connectivity index (χ4n) is 1.35. The first-order valence-corrected chi connectivity index (χ1v) is 5.80. The number of fused-ring (bicyclic) bond motifs is 1. The van der Waals surface area contributed by atoms with Gasteiger partial charge in [-0.05, 0) is 12.1 Å². The normalized spacial score (nSPS) is 10.9. The summed E-state index contributed by atoms with van der Waals surface area (Å²) in [6, 6.07) is 6.12. The summed E-state index contributed by atoms with van der Waals surface area (Å²) in [5.74, 6) is 0. The first-order valence-electron chi connectivity index (χ1n) is 4.04. The molecule has 3 nitrogen and oxygen atoms in total. The molecule has 68 valence electrons. The van der Waals surface area contributed by atoms with Gasteiger partial charge in [-0.25, -0.2) is 4.98 Å². The van der Waals surface area contributed by atoms with Crippen LogP contribution in [0.2, 0.25) is 0 Å². The molecule has 0 amide bonds. The summed E-state index contributed by atoms with van der Waals surface area (Å²) in [6.07, 6.45) is 0. The topological polar surface area (TPSA) is 38.7 Å². The Morgan fingerprint density at radius 1 is 1.07 bits per heavy atom. The van der Waals surface area contributed by atoms with Gasteiger partial charge in [-0.1, -0.05) is 17.4 Å². The van der Waals surface area contributed by atoms with Gasteiger partial charge in [-0.2, -0.15) is 0 Å². The highest BCUT2D eigenvalue weighted by molar-refractivity contribution is 7.17. The van der Waals surface area contributed by atoms with Crippen molar-refractivity contribution >= 4 is 32.9 Å². The lowest BCUT2D eigenvalue weighted by Gasteiger charge is -1.95. The largest absolute Gasteiger partial charge is 0.244 e. The molecule has 14 heavy (non-hydrogen) atoms. The molecule has 2 heterocycles. The molecular weight excluding hydrogens is 214 g/mol. The molecule has 0 aliphatic heterocycles. The summed E-state index contributed by atoms with van der Waals surface area (Å²) in [5, 5.41) is 8.82. The Morgan fingerprint density at radius 2 is 2.07 bits per heavy atom. The minimum atomic E-state index is 0.932. The molecule has 0 atom stereocenters. The molecule has 0 aliphatic carbocycles. The molecule has 0 saturated carbocycles. The number of aromatic nitrogens is 3. The minimum absolute atomic E-state index is 0.932. The van der Waals surface area contributed by atoms with Crippen LogP contribution >= 0.6 is 22.7 Å². The summed E-state index contributed by atoms with van der Waals surface area (Å²) in [7, 11) is 0. The summed E-state index contributed by atoms with van der Waals surface area (Å²) >= 11 is 3.18. The Labute approximate surface area is 88.1 Å². The number of rotatable bonds is 1. The van der Waals surface area contributed by atoms with E-state index in [4.69, 9.17) is 0 Å². The first-order chi connectivity index (χ1) is 6.95. The van der Waals surface area contributed by atoms with Crippen molar-refractivity contribution in [3.05, 3.63) is 29.2 Å². The molecule has 3 rings (SSSR count). The molecule has 0 fully saturated rings. The van der Waals surface area contributed by atoms with Gasteiger partial charge in [0.25, 0.3) is 0 Å². The first kappa shape index (κ1) is 8.02. The number of hydrogen-bond acceptors (Lipinski definition) is 5. The Bertz CT molecular complexity index is 556. The molecule has 0 radical (unpaired) electrons. The second-order valence-corrected chi connectivity index (χ2v) is 4.47.